The summed E-state index contributed by atoms with van der Waals surface area (Å²) in [7, 11) is 0. The first-order valence-corrected chi connectivity index (χ1v) is 8.41. The van der Waals surface area contributed by atoms with E-state index in [0.29, 0.717) is 16.7 Å². The Morgan fingerprint density at radius 1 is 0.917 bits per heavy atom. The molecule has 0 radical (unpaired) electrons. The molecule has 0 N–H and O–H groups in total. The normalized spacial score (nSPS) is 14.0. The van der Waals surface area contributed by atoms with Gasteiger partial charge in [0.05, 0.1) is 5.92 Å². The van der Waals surface area contributed by atoms with Crippen LogP contribution in [0.25, 0.3) is 0 Å². The van der Waals surface area contributed by atoms with Crippen molar-refractivity contribution in [1.29, 1.82) is 0 Å². The smallest absolute Gasteiger partial charge is 0.174 e. The first kappa shape index (κ1) is 16.3. The van der Waals surface area contributed by atoms with Crippen LogP contribution in [0.4, 0.5) is 0 Å². The van der Waals surface area contributed by atoms with E-state index in [-0.39, 0.29) is 30.2 Å². The Morgan fingerprint density at radius 3 is 2.04 bits per heavy atom. The van der Waals surface area contributed by atoms with E-state index in [4.69, 9.17) is 0 Å². The number of hydrogen-bond donors (Lipinski definition) is 0. The topological polar surface area (TPSA) is 51.2 Å². The van der Waals surface area contributed by atoms with Crippen LogP contribution in [-0.4, -0.2) is 17.3 Å². The van der Waals surface area contributed by atoms with E-state index >= 15 is 0 Å². The standard InChI is InChI=1S/C21H20O3/c1-2-5-14-8-10-15(11-9-14)19(22)13-12-18-20(23)16-6-3-4-7-17(16)21(18)24/h3-4,6-11,18H,2,5,12-13H2,1H3. The number of fused-ring (bicyclic) bond motifs is 1. The average molecular weight is 320 g/mol. The van der Waals surface area contributed by atoms with Crippen molar-refractivity contribution in [2.24, 2.45) is 5.92 Å². The largest absolute Gasteiger partial charge is 0.294 e. The fraction of sp³-hybridized carbons (Fsp3) is 0.286. The molecule has 0 fully saturated rings. The Hall–Kier alpha value is -2.55. The second-order valence-electron chi connectivity index (χ2n) is 6.24. The summed E-state index contributed by atoms with van der Waals surface area (Å²) >= 11 is 0. The molecule has 3 heteroatoms. The van der Waals surface area contributed by atoms with E-state index in [1.807, 2.05) is 24.3 Å². The van der Waals surface area contributed by atoms with Crippen LogP contribution in [0.5, 0.6) is 0 Å². The lowest BCUT2D eigenvalue weighted by Crippen LogP contribution is -2.16. The fourth-order valence-electron chi connectivity index (χ4n) is 3.24. The van der Waals surface area contributed by atoms with Crippen LogP contribution in [0, 0.1) is 5.92 Å². The predicted octanol–water partition coefficient (Wildman–Crippen LogP) is 4.30. The van der Waals surface area contributed by atoms with E-state index in [1.54, 1.807) is 24.3 Å². The van der Waals surface area contributed by atoms with Gasteiger partial charge in [0.2, 0.25) is 0 Å². The van der Waals surface area contributed by atoms with Crippen LogP contribution in [0.2, 0.25) is 0 Å². The molecule has 0 saturated heterocycles. The first-order chi connectivity index (χ1) is 11.6. The Balaban J connectivity index is 1.65. The minimum absolute atomic E-state index is 0.0189. The van der Waals surface area contributed by atoms with E-state index in [0.717, 1.165) is 12.8 Å². The lowest BCUT2D eigenvalue weighted by atomic mass is 9.94. The van der Waals surface area contributed by atoms with Gasteiger partial charge in [-0.2, -0.15) is 0 Å². The zero-order chi connectivity index (χ0) is 17.1. The minimum atomic E-state index is -0.703. The zero-order valence-corrected chi connectivity index (χ0v) is 13.7. The SMILES string of the molecule is CCCc1ccc(C(=O)CCC2C(=O)c3ccccc3C2=O)cc1. The number of aryl methyl sites for hydroxylation is 1. The van der Waals surface area contributed by atoms with E-state index in [9.17, 15) is 14.4 Å². The summed E-state index contributed by atoms with van der Waals surface area (Å²) in [5.74, 6) is -1.02. The molecule has 1 aliphatic rings. The van der Waals surface area contributed by atoms with E-state index in [1.165, 1.54) is 5.56 Å². The van der Waals surface area contributed by atoms with E-state index in [2.05, 4.69) is 6.92 Å². The van der Waals surface area contributed by atoms with Gasteiger partial charge in [0.25, 0.3) is 0 Å². The van der Waals surface area contributed by atoms with Gasteiger partial charge in [-0.05, 0) is 18.4 Å². The van der Waals surface area contributed by atoms with Gasteiger partial charge in [-0.15, -0.1) is 0 Å². The number of ketones is 3. The van der Waals surface area contributed by atoms with Crippen molar-refractivity contribution in [2.75, 3.05) is 0 Å². The van der Waals surface area contributed by atoms with Gasteiger partial charge in [0.1, 0.15) is 0 Å². The third-order valence-corrected chi connectivity index (χ3v) is 4.57. The highest BCUT2D eigenvalue weighted by Gasteiger charge is 2.37. The van der Waals surface area contributed by atoms with Crippen LogP contribution >= 0.6 is 0 Å². The number of Topliss-reactive ketones (excluding diaryl/α,β-unsaturated/α-hetero) is 3. The summed E-state index contributed by atoms with van der Waals surface area (Å²) < 4.78 is 0. The van der Waals surface area contributed by atoms with Crippen molar-refractivity contribution in [2.45, 2.75) is 32.6 Å². The van der Waals surface area contributed by atoms with Crippen molar-refractivity contribution in [3.05, 3.63) is 70.8 Å². The van der Waals surface area contributed by atoms with Crippen molar-refractivity contribution in [1.82, 2.24) is 0 Å². The lowest BCUT2D eigenvalue weighted by Gasteiger charge is -2.07. The molecule has 0 heterocycles. The number of carbonyl (C=O) groups is 3. The van der Waals surface area contributed by atoms with Crippen molar-refractivity contribution in [3.8, 4) is 0 Å². The van der Waals surface area contributed by atoms with Gasteiger partial charge < -0.3 is 0 Å². The highest BCUT2D eigenvalue weighted by Crippen LogP contribution is 2.29. The monoisotopic (exact) mass is 320 g/mol. The molecule has 0 aliphatic heterocycles. The van der Waals surface area contributed by atoms with Crippen LogP contribution < -0.4 is 0 Å². The van der Waals surface area contributed by atoms with Gasteiger partial charge in [-0.3, -0.25) is 14.4 Å². The summed E-state index contributed by atoms with van der Waals surface area (Å²) in [5.41, 5.74) is 2.84. The molecule has 0 unspecified atom stereocenters. The predicted molar refractivity (Wildman–Crippen MR) is 92.6 cm³/mol. The molecule has 0 bridgehead atoms. The van der Waals surface area contributed by atoms with Crippen molar-refractivity contribution in [3.63, 3.8) is 0 Å². The molecule has 0 atom stereocenters. The van der Waals surface area contributed by atoms with Gasteiger partial charge in [-0.1, -0.05) is 61.9 Å². The maximum absolute atomic E-state index is 12.3. The molecule has 2 aromatic carbocycles. The molecule has 0 aromatic heterocycles. The maximum Gasteiger partial charge on any atom is 0.174 e. The molecule has 0 spiro atoms. The summed E-state index contributed by atoms with van der Waals surface area (Å²) in [5, 5.41) is 0. The van der Waals surface area contributed by atoms with Crippen LogP contribution in [0.15, 0.2) is 48.5 Å². The second kappa shape index (κ2) is 6.91. The van der Waals surface area contributed by atoms with Gasteiger partial charge in [0.15, 0.2) is 17.3 Å². The number of benzene rings is 2. The molecule has 122 valence electrons. The van der Waals surface area contributed by atoms with Gasteiger partial charge in [0, 0.05) is 23.1 Å². The Bertz CT molecular complexity index is 752. The molecule has 1 aliphatic carbocycles. The number of carbonyl (C=O) groups excluding carboxylic acids is 3. The molecule has 0 saturated carbocycles. The van der Waals surface area contributed by atoms with Crippen LogP contribution in [0.1, 0.15) is 62.8 Å². The molecule has 0 amide bonds. The Morgan fingerprint density at radius 2 is 1.50 bits per heavy atom. The molecule has 24 heavy (non-hydrogen) atoms. The molecule has 3 nitrogen and oxygen atoms in total. The molecule has 2 aromatic rings. The number of rotatable bonds is 6. The lowest BCUT2D eigenvalue weighted by molar-refractivity contribution is 0.0823. The van der Waals surface area contributed by atoms with Crippen molar-refractivity contribution >= 4 is 17.3 Å². The Labute approximate surface area is 141 Å². The molecule has 3 rings (SSSR count). The highest BCUT2D eigenvalue weighted by molar-refractivity contribution is 6.26. The first-order valence-electron chi connectivity index (χ1n) is 8.41. The third kappa shape index (κ3) is 3.07. The van der Waals surface area contributed by atoms with Crippen LogP contribution in [0.3, 0.4) is 0 Å². The summed E-state index contributed by atoms with van der Waals surface area (Å²) in [6.07, 6.45) is 2.56. The Kier molecular flexibility index (Phi) is 4.70. The summed E-state index contributed by atoms with van der Waals surface area (Å²) in [6, 6.07) is 14.5. The van der Waals surface area contributed by atoms with Gasteiger partial charge in [-0.25, -0.2) is 0 Å². The molecular formula is C21H20O3. The number of hydrogen-bond acceptors (Lipinski definition) is 3. The van der Waals surface area contributed by atoms with Crippen LogP contribution in [-0.2, 0) is 6.42 Å². The average Bonchev–Trinajstić information content (AvgIpc) is 2.85. The molecular weight excluding hydrogens is 300 g/mol. The maximum atomic E-state index is 12.3. The minimum Gasteiger partial charge on any atom is -0.294 e. The quantitative estimate of drug-likeness (QED) is 0.589. The van der Waals surface area contributed by atoms with Gasteiger partial charge >= 0.3 is 0 Å². The second-order valence-corrected chi connectivity index (χ2v) is 6.24. The highest BCUT2D eigenvalue weighted by atomic mass is 16.2. The summed E-state index contributed by atoms with van der Waals surface area (Å²) in [6.45, 7) is 2.12. The fourth-order valence-corrected chi connectivity index (χ4v) is 3.24. The van der Waals surface area contributed by atoms with E-state index < -0.39 is 5.92 Å². The summed E-state index contributed by atoms with van der Waals surface area (Å²) in [4.78, 5) is 37.0. The third-order valence-electron chi connectivity index (χ3n) is 4.57. The zero-order valence-electron chi connectivity index (χ0n) is 13.7. The van der Waals surface area contributed by atoms with Crippen molar-refractivity contribution < 1.29 is 14.4 Å².